The molecule has 6 atom stereocenters. The van der Waals surface area contributed by atoms with Crippen LogP contribution in [0, 0.1) is 0 Å². The summed E-state index contributed by atoms with van der Waals surface area (Å²) in [5, 5.41) is 5.29. The van der Waals surface area contributed by atoms with Crippen molar-refractivity contribution in [2.75, 3.05) is 13.2 Å². The van der Waals surface area contributed by atoms with E-state index < -0.39 is 23.1 Å². The number of halogens is 4. The van der Waals surface area contributed by atoms with Crippen molar-refractivity contribution in [2.24, 2.45) is 0 Å². The highest BCUT2D eigenvalue weighted by Gasteiger charge is 2.55. The van der Waals surface area contributed by atoms with Crippen LogP contribution in [0.15, 0.2) is 0 Å². The summed E-state index contributed by atoms with van der Waals surface area (Å²) < 4.78 is 38.8. The average molecular weight is 511 g/mol. The lowest BCUT2D eigenvalue weighted by Gasteiger charge is -2.31. The summed E-state index contributed by atoms with van der Waals surface area (Å²) in [6.07, 6.45) is 3.91. The maximum absolute atomic E-state index is 13.8. The van der Waals surface area contributed by atoms with Crippen LogP contribution in [-0.2, 0) is 19.1 Å². The lowest BCUT2D eigenvalue weighted by molar-refractivity contribution is -0.131. The summed E-state index contributed by atoms with van der Waals surface area (Å²) in [6.45, 7) is -0.196. The Morgan fingerprint density at radius 2 is 1.15 bits per heavy atom. The smallest absolute Gasteiger partial charge is 0.246 e. The van der Waals surface area contributed by atoms with Crippen LogP contribution in [-0.4, -0.2) is 71.4 Å². The van der Waals surface area contributed by atoms with Crippen LogP contribution >= 0.6 is 23.2 Å². The number of carbonyl (C=O) groups excluding carboxylic acids is 2. The quantitative estimate of drug-likeness (QED) is 0.488. The molecule has 6 unspecified atom stereocenters. The second-order valence-corrected chi connectivity index (χ2v) is 11.5. The van der Waals surface area contributed by atoms with Crippen LogP contribution in [0.5, 0.6) is 0 Å². The van der Waals surface area contributed by atoms with Gasteiger partial charge < -0.3 is 20.1 Å². The van der Waals surface area contributed by atoms with Crippen LogP contribution in [0.4, 0.5) is 8.78 Å². The van der Waals surface area contributed by atoms with Gasteiger partial charge in [0.05, 0.1) is 23.0 Å². The normalized spacial score (nSPS) is 42.8. The molecule has 0 aliphatic heterocycles. The molecule has 4 aliphatic carbocycles. The monoisotopic (exact) mass is 510 g/mol. The Morgan fingerprint density at radius 3 is 1.52 bits per heavy atom. The maximum atomic E-state index is 13.8. The summed E-state index contributed by atoms with van der Waals surface area (Å²) in [6, 6.07) is 0. The largest absolute Gasteiger partial charge is 0.368 e. The molecule has 0 spiro atoms. The first kappa shape index (κ1) is 25.4. The van der Waals surface area contributed by atoms with Gasteiger partial charge in [-0.05, 0) is 57.8 Å². The van der Waals surface area contributed by atoms with Crippen LogP contribution in [0.3, 0.4) is 0 Å². The first-order chi connectivity index (χ1) is 15.7. The van der Waals surface area contributed by atoms with Crippen molar-refractivity contribution in [1.29, 1.82) is 0 Å². The van der Waals surface area contributed by atoms with E-state index in [1.165, 1.54) is 0 Å². The Hall–Kier alpha value is -0.700. The second-order valence-electron chi connectivity index (χ2n) is 10.4. The summed E-state index contributed by atoms with van der Waals surface area (Å²) in [7, 11) is 0. The molecule has 2 amide bonds. The van der Waals surface area contributed by atoms with E-state index in [4.69, 9.17) is 32.7 Å². The summed E-state index contributed by atoms with van der Waals surface area (Å²) in [4.78, 5) is 25.0. The number of hydrogen-bond donors (Lipinski definition) is 2. The molecule has 33 heavy (non-hydrogen) atoms. The Balaban J connectivity index is 1.18. The van der Waals surface area contributed by atoms with E-state index in [0.717, 1.165) is 25.7 Å². The lowest BCUT2D eigenvalue weighted by Crippen LogP contribution is -2.48. The van der Waals surface area contributed by atoms with Gasteiger partial charge >= 0.3 is 0 Å². The van der Waals surface area contributed by atoms with Gasteiger partial charge in [-0.15, -0.1) is 23.2 Å². The highest BCUT2D eigenvalue weighted by atomic mass is 35.5. The fraction of sp³-hybridized carbons (Fsp3) is 0.913. The molecule has 0 radical (unpaired) electrons. The van der Waals surface area contributed by atoms with Crippen LogP contribution in [0.25, 0.3) is 0 Å². The third-order valence-corrected chi connectivity index (χ3v) is 8.82. The summed E-state index contributed by atoms with van der Waals surface area (Å²) in [5.41, 5.74) is -0.684. The molecule has 0 aromatic heterocycles. The SMILES string of the molecule is O=C(COC1CCC(Cl)C(F)C1)NC12CCC(NC(=O)COC3CCC(Cl)C(F)C3)(CC1)C2. The molecule has 2 bridgehead atoms. The van der Waals surface area contributed by atoms with E-state index in [-0.39, 0.29) is 61.2 Å². The molecule has 0 aromatic carbocycles. The van der Waals surface area contributed by atoms with Gasteiger partial charge in [-0.2, -0.15) is 0 Å². The standard InChI is InChI=1S/C23H34Cl2F2N2O4/c24-16-3-1-14(9-18(16)26)32-11-20(30)28-22-5-7-23(13-22,8-6-22)29-21(31)12-33-15-2-4-17(25)19(27)10-15/h14-19H,1-13H2,(H,28,30)(H,29,31). The van der Waals surface area contributed by atoms with Crippen LogP contribution in [0.2, 0.25) is 0 Å². The van der Waals surface area contributed by atoms with Crippen LogP contribution in [0.1, 0.15) is 70.6 Å². The fourth-order valence-electron chi connectivity index (χ4n) is 5.99. The molecular weight excluding hydrogens is 477 g/mol. The molecule has 0 aromatic rings. The van der Waals surface area contributed by atoms with Gasteiger partial charge in [0.1, 0.15) is 25.6 Å². The van der Waals surface area contributed by atoms with E-state index in [0.29, 0.717) is 32.1 Å². The summed E-state index contributed by atoms with van der Waals surface area (Å²) in [5.74, 6) is -0.414. The number of hydrogen-bond acceptors (Lipinski definition) is 4. The third-order valence-electron chi connectivity index (χ3n) is 7.84. The van der Waals surface area contributed by atoms with E-state index in [9.17, 15) is 18.4 Å². The molecule has 4 rings (SSSR count). The van der Waals surface area contributed by atoms with Crippen molar-refractivity contribution in [2.45, 2.75) is 117 Å². The number of nitrogens with one attached hydrogen (secondary N) is 2. The van der Waals surface area contributed by atoms with Gasteiger partial charge in [-0.3, -0.25) is 9.59 Å². The topological polar surface area (TPSA) is 76.7 Å². The number of rotatable bonds is 8. The van der Waals surface area contributed by atoms with Gasteiger partial charge in [-0.1, -0.05) is 0 Å². The van der Waals surface area contributed by atoms with E-state index in [1.54, 1.807) is 0 Å². The number of amides is 2. The van der Waals surface area contributed by atoms with Gasteiger partial charge in [0.25, 0.3) is 0 Å². The first-order valence-electron chi connectivity index (χ1n) is 12.1. The van der Waals surface area contributed by atoms with E-state index in [1.807, 2.05) is 0 Å². The maximum Gasteiger partial charge on any atom is 0.246 e. The Kier molecular flexibility index (Phi) is 8.08. The number of alkyl halides is 4. The fourth-order valence-corrected chi connectivity index (χ4v) is 6.44. The predicted molar refractivity (Wildman–Crippen MR) is 121 cm³/mol. The molecule has 4 saturated carbocycles. The summed E-state index contributed by atoms with van der Waals surface area (Å²) >= 11 is 11.8. The van der Waals surface area contributed by atoms with Crippen molar-refractivity contribution in [3.8, 4) is 0 Å². The number of ether oxygens (including phenoxy) is 2. The third kappa shape index (κ3) is 6.30. The Bertz CT molecular complexity index is 665. The molecule has 6 nitrogen and oxygen atoms in total. The molecule has 188 valence electrons. The number of fused-ring (bicyclic) bond motifs is 2. The minimum Gasteiger partial charge on any atom is -0.368 e. The zero-order chi connectivity index (χ0) is 23.6. The Labute approximate surface area is 203 Å². The lowest BCUT2D eigenvalue weighted by atomic mass is 9.91. The molecule has 4 fully saturated rings. The first-order valence-corrected chi connectivity index (χ1v) is 13.0. The molecule has 10 heteroatoms. The van der Waals surface area contributed by atoms with Gasteiger partial charge in [0.15, 0.2) is 0 Å². The van der Waals surface area contributed by atoms with Gasteiger partial charge in [0, 0.05) is 23.9 Å². The highest BCUT2D eigenvalue weighted by molar-refractivity contribution is 6.21. The predicted octanol–water partition coefficient (Wildman–Crippen LogP) is 3.70. The molecule has 0 heterocycles. The van der Waals surface area contributed by atoms with Gasteiger partial charge in [-0.25, -0.2) is 8.78 Å². The second kappa shape index (κ2) is 10.5. The van der Waals surface area contributed by atoms with Crippen LogP contribution < -0.4 is 10.6 Å². The molecule has 0 saturated heterocycles. The van der Waals surface area contributed by atoms with Crippen molar-refractivity contribution >= 4 is 35.0 Å². The minimum absolute atomic E-state index is 0.0978. The van der Waals surface area contributed by atoms with Crippen molar-refractivity contribution in [3.05, 3.63) is 0 Å². The molecule has 2 N–H and O–H groups in total. The molecular formula is C23H34Cl2F2N2O4. The average Bonchev–Trinajstić information content (AvgIpc) is 3.30. The van der Waals surface area contributed by atoms with Crippen molar-refractivity contribution in [1.82, 2.24) is 10.6 Å². The Morgan fingerprint density at radius 1 is 0.758 bits per heavy atom. The van der Waals surface area contributed by atoms with Gasteiger partial charge in [0.2, 0.25) is 11.8 Å². The van der Waals surface area contributed by atoms with E-state index in [2.05, 4.69) is 10.6 Å². The minimum atomic E-state index is -1.10. The zero-order valence-corrected chi connectivity index (χ0v) is 20.3. The zero-order valence-electron chi connectivity index (χ0n) is 18.8. The number of carbonyl (C=O) groups is 2. The highest BCUT2D eigenvalue weighted by Crippen LogP contribution is 2.50. The van der Waals surface area contributed by atoms with E-state index >= 15 is 0 Å². The molecule has 4 aliphatic rings. The van der Waals surface area contributed by atoms with Crippen molar-refractivity contribution < 1.29 is 27.8 Å². The van der Waals surface area contributed by atoms with Crippen molar-refractivity contribution in [3.63, 3.8) is 0 Å².